The zero-order valence-electron chi connectivity index (χ0n) is 53.2. The highest BCUT2D eigenvalue weighted by atomic mass is 33.1. The average molecular weight is 1170 g/mol. The number of nitrogens with one attached hydrogen (secondary N) is 3. The highest BCUT2D eigenvalue weighted by Gasteiger charge is 2.33. The van der Waals surface area contributed by atoms with Crippen LogP contribution >= 0.6 is 21.6 Å². The smallest absolute Gasteiger partial charge is 0.408 e. The van der Waals surface area contributed by atoms with Crippen LogP contribution in [0.4, 0.5) is 4.79 Å². The van der Waals surface area contributed by atoms with E-state index >= 15 is 0 Å². The van der Waals surface area contributed by atoms with Crippen LogP contribution in [0.5, 0.6) is 11.5 Å². The van der Waals surface area contributed by atoms with Gasteiger partial charge in [0, 0.05) is 23.1 Å². The van der Waals surface area contributed by atoms with E-state index in [2.05, 4.69) is 29.8 Å². The largest absolute Gasteiger partial charge is 0.493 e. The number of alkyl carbamates (subject to hydrolysis) is 1. The maximum absolute atomic E-state index is 13.9. The Kier molecular flexibility index (Phi) is 46.3. The van der Waals surface area contributed by atoms with Gasteiger partial charge >= 0.3 is 12.1 Å². The lowest BCUT2D eigenvalue weighted by Crippen LogP contribution is -2.57. The number of hydrogen-bond acceptors (Lipinski definition) is 10. The first-order valence-electron chi connectivity index (χ1n) is 33.7. The Morgan fingerprint density at radius 1 is 0.543 bits per heavy atom. The van der Waals surface area contributed by atoms with Crippen LogP contribution in [0, 0.1) is 5.92 Å². The molecular weight excluding hydrogens is 1050 g/mol. The molecule has 1 heterocycles. The van der Waals surface area contributed by atoms with Gasteiger partial charge in [0.05, 0.1) is 13.2 Å². The second-order valence-corrected chi connectivity index (χ2v) is 27.6. The maximum Gasteiger partial charge on any atom is 0.408 e. The fourth-order valence-electron chi connectivity index (χ4n) is 10.5. The van der Waals surface area contributed by atoms with Gasteiger partial charge in [0.2, 0.25) is 11.8 Å². The summed E-state index contributed by atoms with van der Waals surface area (Å²) in [6.07, 6.45) is 53.4. The van der Waals surface area contributed by atoms with Crippen molar-refractivity contribution in [3.05, 3.63) is 23.8 Å². The van der Waals surface area contributed by atoms with Crippen LogP contribution in [0.2, 0.25) is 0 Å². The predicted octanol–water partition coefficient (Wildman–Crippen LogP) is 19.4. The molecule has 1 fully saturated rings. The number of hydrogen-bond donors (Lipinski definition) is 3. The highest BCUT2D eigenvalue weighted by molar-refractivity contribution is 8.76. The van der Waals surface area contributed by atoms with E-state index in [9.17, 15) is 19.2 Å². The molecule has 3 N–H and O–H groups in total. The van der Waals surface area contributed by atoms with Gasteiger partial charge in [-0.05, 0) is 58.1 Å². The normalized spacial score (nSPS) is 16.2. The molecule has 1 saturated heterocycles. The number of amides is 3. The molecule has 11 nitrogen and oxygen atoms in total. The van der Waals surface area contributed by atoms with E-state index in [4.69, 9.17) is 18.9 Å². The van der Waals surface area contributed by atoms with Gasteiger partial charge < -0.3 is 34.9 Å². The highest BCUT2D eigenvalue weighted by Crippen LogP contribution is 2.29. The Hall–Kier alpha value is -2.80. The van der Waals surface area contributed by atoms with Crippen LogP contribution in [-0.4, -0.2) is 72.3 Å². The zero-order chi connectivity index (χ0) is 58.9. The monoisotopic (exact) mass is 1170 g/mol. The third-order valence-electron chi connectivity index (χ3n) is 15.4. The summed E-state index contributed by atoms with van der Waals surface area (Å²) in [4.78, 5) is 53.8. The standard InChI is InChI=1S/C68H123N3O8S2/c1-8-10-12-14-16-18-20-22-24-26-28-30-32-34-36-38-40-42-44-46-50-76-59-49-48-58(63(53-59)77-51-47-45-43-41-39-37-35-33-31-29-27-25-23-21-19-17-15-13-11-9-2)54-78-66(74)62-56-81-80-55-61(71-67(75)79-68(5,6)7)65(73)69-60(52-57(3)4)64(72)70-62/h48-49,53,57,60-62H,8-47,50-52,54-56H2,1-7H3,(H,69,73)(H,70,72)(H,71,75)/t60-,61-,62?/m0/s1. The van der Waals surface area contributed by atoms with Crippen molar-refractivity contribution in [2.24, 2.45) is 5.92 Å². The predicted molar refractivity (Wildman–Crippen MR) is 345 cm³/mol. The van der Waals surface area contributed by atoms with Crippen LogP contribution in [0.3, 0.4) is 0 Å². The van der Waals surface area contributed by atoms with Gasteiger partial charge in [0.25, 0.3) is 0 Å². The van der Waals surface area contributed by atoms with Crippen molar-refractivity contribution in [2.75, 3.05) is 24.7 Å². The molecule has 0 aromatic heterocycles. The molecule has 0 bridgehead atoms. The van der Waals surface area contributed by atoms with E-state index in [-0.39, 0.29) is 24.0 Å². The fourth-order valence-corrected chi connectivity index (χ4v) is 12.8. The molecule has 0 saturated carbocycles. The number of esters is 1. The quantitative estimate of drug-likeness (QED) is 0.0328. The maximum atomic E-state index is 13.9. The summed E-state index contributed by atoms with van der Waals surface area (Å²) in [5, 5.41) is 8.37. The van der Waals surface area contributed by atoms with Gasteiger partial charge in [-0.2, -0.15) is 0 Å². The van der Waals surface area contributed by atoms with Crippen molar-refractivity contribution in [1.82, 2.24) is 16.0 Å². The van der Waals surface area contributed by atoms with Crippen LogP contribution in [-0.2, 0) is 30.5 Å². The van der Waals surface area contributed by atoms with Crippen LogP contribution < -0.4 is 25.4 Å². The Morgan fingerprint density at radius 3 is 1.35 bits per heavy atom. The molecule has 0 spiro atoms. The van der Waals surface area contributed by atoms with E-state index in [1.807, 2.05) is 32.0 Å². The minimum atomic E-state index is -0.970. The molecule has 1 aliphatic rings. The van der Waals surface area contributed by atoms with Gasteiger partial charge in [0.15, 0.2) is 0 Å². The minimum Gasteiger partial charge on any atom is -0.493 e. The molecule has 3 amide bonds. The topological polar surface area (TPSA) is 141 Å². The van der Waals surface area contributed by atoms with Crippen molar-refractivity contribution < 1.29 is 38.1 Å². The van der Waals surface area contributed by atoms with Crippen LogP contribution in [0.25, 0.3) is 0 Å². The molecule has 1 aromatic rings. The van der Waals surface area contributed by atoms with Crippen molar-refractivity contribution in [2.45, 2.75) is 342 Å². The summed E-state index contributed by atoms with van der Waals surface area (Å²) in [5.74, 6) is 0.290. The van der Waals surface area contributed by atoms with E-state index < -0.39 is 47.6 Å². The third-order valence-corrected chi connectivity index (χ3v) is 17.9. The van der Waals surface area contributed by atoms with Gasteiger partial charge in [0.1, 0.15) is 41.8 Å². The zero-order valence-corrected chi connectivity index (χ0v) is 54.8. The minimum absolute atomic E-state index is 0.0364. The van der Waals surface area contributed by atoms with Crippen LogP contribution in [0.15, 0.2) is 18.2 Å². The van der Waals surface area contributed by atoms with E-state index in [0.717, 1.165) is 37.0 Å². The lowest BCUT2D eigenvalue weighted by Gasteiger charge is -2.25. The Labute approximate surface area is 504 Å². The molecule has 1 aliphatic heterocycles. The molecular formula is C68H123N3O8S2. The Morgan fingerprint density at radius 2 is 0.938 bits per heavy atom. The Bertz CT molecular complexity index is 1710. The second kappa shape index (κ2) is 50.5. The summed E-state index contributed by atoms with van der Waals surface area (Å²) in [6.45, 7) is 14.9. The van der Waals surface area contributed by atoms with E-state index in [0.29, 0.717) is 25.4 Å². The molecule has 0 aliphatic carbocycles. The molecule has 0 radical (unpaired) electrons. The summed E-state index contributed by atoms with van der Waals surface area (Å²) in [6, 6.07) is 2.93. The number of benzene rings is 1. The summed E-state index contributed by atoms with van der Waals surface area (Å²) in [5.41, 5.74) is -0.0184. The van der Waals surface area contributed by atoms with Gasteiger partial charge in [-0.3, -0.25) is 9.59 Å². The van der Waals surface area contributed by atoms with Crippen molar-refractivity contribution in [3.63, 3.8) is 0 Å². The molecule has 81 heavy (non-hydrogen) atoms. The second-order valence-electron chi connectivity index (χ2n) is 25.0. The number of ether oxygens (including phenoxy) is 4. The van der Waals surface area contributed by atoms with E-state index in [1.165, 1.54) is 253 Å². The van der Waals surface area contributed by atoms with Gasteiger partial charge in [-0.15, -0.1) is 0 Å². The molecule has 1 unspecified atom stereocenters. The number of unbranched alkanes of at least 4 members (excludes halogenated alkanes) is 38. The molecule has 3 atom stereocenters. The summed E-state index contributed by atoms with van der Waals surface area (Å²) >= 11 is 0. The SMILES string of the molecule is CCCCCCCCCCCCCCCCCCCCCCOc1ccc(COC(=O)C2CSSC[C@H](NC(=O)OC(C)(C)C)C(=O)N[C@@H](CC(C)C)C(=O)N2)c(OCCCCCCCCCCCCCCCCCCCCCC)c1. The molecule has 470 valence electrons. The van der Waals surface area contributed by atoms with Crippen molar-refractivity contribution in [1.29, 1.82) is 0 Å². The Balaban J connectivity index is 1.85. The van der Waals surface area contributed by atoms with Crippen LogP contribution in [0.1, 0.15) is 317 Å². The molecule has 2 rings (SSSR count). The summed E-state index contributed by atoms with van der Waals surface area (Å²) in [7, 11) is 2.66. The van der Waals surface area contributed by atoms with Gasteiger partial charge in [-0.25, -0.2) is 9.59 Å². The lowest BCUT2D eigenvalue weighted by atomic mass is 10.0. The fraction of sp³-hybridized carbons (Fsp3) is 0.853. The first-order chi connectivity index (χ1) is 39.3. The molecule has 1 aromatic carbocycles. The summed E-state index contributed by atoms with van der Waals surface area (Å²) < 4.78 is 24.1. The first kappa shape index (κ1) is 74.3. The number of carbonyl (C=O) groups is 4. The number of carbonyl (C=O) groups excluding carboxylic acids is 4. The first-order valence-corrected chi connectivity index (χ1v) is 36.2. The van der Waals surface area contributed by atoms with Crippen molar-refractivity contribution >= 4 is 45.5 Å². The van der Waals surface area contributed by atoms with Gasteiger partial charge in [-0.1, -0.05) is 293 Å². The molecule has 13 heteroatoms. The lowest BCUT2D eigenvalue weighted by molar-refractivity contribution is -0.148. The number of rotatable bonds is 50. The van der Waals surface area contributed by atoms with E-state index in [1.54, 1.807) is 20.8 Å². The average Bonchev–Trinajstić information content (AvgIpc) is 3.46. The van der Waals surface area contributed by atoms with Crippen molar-refractivity contribution in [3.8, 4) is 11.5 Å². The third kappa shape index (κ3) is 42.6.